The minimum absolute atomic E-state index is 0.172. The van der Waals surface area contributed by atoms with E-state index in [0.29, 0.717) is 22.2 Å². The number of hydrogen-bond donors (Lipinski definition) is 1. The SMILES string of the molecule is O=C(Nc1nc2c(s1)CCC[C@@H]2C(=O)N1CCCC1)c1ccc2c(c1)OCO2. The standard InChI is InChI=1S/C20H21N3O4S/c24-18(12-6-7-14-15(10-12)27-11-26-14)22-20-21-17-13(4-3-5-16(17)28-20)19(25)23-8-1-2-9-23/h6-7,10,13H,1-5,8-9,11H2,(H,21,22,24)/t13-/m0/s1. The monoisotopic (exact) mass is 399 g/mol. The highest BCUT2D eigenvalue weighted by atomic mass is 32.1. The van der Waals surface area contributed by atoms with Crippen molar-refractivity contribution in [2.75, 3.05) is 25.2 Å². The third-order valence-corrected chi connectivity index (χ3v) is 6.57. The maximum Gasteiger partial charge on any atom is 0.257 e. The van der Waals surface area contributed by atoms with E-state index in [1.54, 1.807) is 18.2 Å². The zero-order chi connectivity index (χ0) is 19.1. The largest absolute Gasteiger partial charge is 0.454 e. The molecular formula is C20H21N3O4S. The van der Waals surface area contributed by atoms with Crippen LogP contribution in [0.3, 0.4) is 0 Å². The second kappa shape index (κ2) is 7.09. The quantitative estimate of drug-likeness (QED) is 0.857. The summed E-state index contributed by atoms with van der Waals surface area (Å²) < 4.78 is 10.6. The third-order valence-electron chi connectivity index (χ3n) is 5.53. The van der Waals surface area contributed by atoms with Crippen molar-refractivity contribution < 1.29 is 19.1 Å². The molecule has 1 aliphatic carbocycles. The molecule has 0 saturated carbocycles. The Morgan fingerprint density at radius 2 is 1.96 bits per heavy atom. The highest BCUT2D eigenvalue weighted by Crippen LogP contribution is 2.38. The Morgan fingerprint density at radius 3 is 2.82 bits per heavy atom. The molecule has 1 saturated heterocycles. The molecule has 2 aliphatic heterocycles. The van der Waals surface area contributed by atoms with Crippen molar-refractivity contribution >= 4 is 28.3 Å². The number of amides is 2. The number of benzene rings is 1. The second-order valence-corrected chi connectivity index (χ2v) is 8.41. The molecule has 1 N–H and O–H groups in total. The van der Waals surface area contributed by atoms with Crippen LogP contribution in [0.5, 0.6) is 11.5 Å². The van der Waals surface area contributed by atoms with Gasteiger partial charge in [0.05, 0.1) is 11.6 Å². The average Bonchev–Trinajstić information content (AvgIpc) is 3.45. The first kappa shape index (κ1) is 17.5. The molecule has 2 amide bonds. The average molecular weight is 399 g/mol. The van der Waals surface area contributed by atoms with E-state index < -0.39 is 0 Å². The highest BCUT2D eigenvalue weighted by molar-refractivity contribution is 7.16. The van der Waals surface area contributed by atoms with Crippen LogP contribution in [-0.4, -0.2) is 41.6 Å². The maximum absolute atomic E-state index is 12.9. The predicted octanol–water partition coefficient (Wildman–Crippen LogP) is 3.17. The second-order valence-electron chi connectivity index (χ2n) is 7.33. The van der Waals surface area contributed by atoms with E-state index in [1.165, 1.54) is 11.3 Å². The number of aryl methyl sites for hydroxylation is 1. The number of anilines is 1. The predicted molar refractivity (Wildman–Crippen MR) is 104 cm³/mol. The number of hydrogen-bond acceptors (Lipinski definition) is 6. The highest BCUT2D eigenvalue weighted by Gasteiger charge is 2.34. The summed E-state index contributed by atoms with van der Waals surface area (Å²) in [5.74, 6) is 0.991. The summed E-state index contributed by atoms with van der Waals surface area (Å²) in [6.45, 7) is 1.87. The van der Waals surface area contributed by atoms with Gasteiger partial charge in [0, 0.05) is 23.5 Å². The topological polar surface area (TPSA) is 80.8 Å². The van der Waals surface area contributed by atoms with Crippen molar-refractivity contribution in [3.63, 3.8) is 0 Å². The van der Waals surface area contributed by atoms with Crippen molar-refractivity contribution in [1.82, 2.24) is 9.88 Å². The van der Waals surface area contributed by atoms with E-state index in [-0.39, 0.29) is 24.5 Å². The summed E-state index contributed by atoms with van der Waals surface area (Å²) in [7, 11) is 0. The number of likely N-dealkylation sites (tertiary alicyclic amines) is 1. The Labute approximate surface area is 166 Å². The molecule has 1 fully saturated rings. The Hall–Kier alpha value is -2.61. The molecule has 0 unspecified atom stereocenters. The van der Waals surface area contributed by atoms with Gasteiger partial charge in [-0.3, -0.25) is 14.9 Å². The Balaban J connectivity index is 1.34. The number of nitrogens with zero attached hydrogens (tertiary/aromatic N) is 2. The maximum atomic E-state index is 12.9. The zero-order valence-electron chi connectivity index (χ0n) is 15.4. The number of thiazole rings is 1. The molecule has 3 aliphatic rings. The first-order chi connectivity index (χ1) is 13.7. The normalized spacial score (nSPS) is 20.1. The van der Waals surface area contributed by atoms with Gasteiger partial charge in [-0.2, -0.15) is 0 Å². The molecule has 28 heavy (non-hydrogen) atoms. The number of rotatable bonds is 3. The third kappa shape index (κ3) is 3.11. The summed E-state index contributed by atoms with van der Waals surface area (Å²) in [6, 6.07) is 5.11. The van der Waals surface area contributed by atoms with E-state index >= 15 is 0 Å². The molecule has 0 radical (unpaired) electrons. The summed E-state index contributed by atoms with van der Waals surface area (Å²) in [6.07, 6.45) is 4.89. The van der Waals surface area contributed by atoms with E-state index in [4.69, 9.17) is 9.47 Å². The first-order valence-corrected chi connectivity index (χ1v) is 10.5. The lowest BCUT2D eigenvalue weighted by atomic mass is 9.90. The van der Waals surface area contributed by atoms with Gasteiger partial charge in [-0.1, -0.05) is 0 Å². The van der Waals surface area contributed by atoms with Crippen molar-refractivity contribution in [3.05, 3.63) is 34.3 Å². The van der Waals surface area contributed by atoms with Gasteiger partial charge < -0.3 is 14.4 Å². The Kier molecular flexibility index (Phi) is 4.43. The summed E-state index contributed by atoms with van der Waals surface area (Å²) in [5.41, 5.74) is 1.34. The smallest absolute Gasteiger partial charge is 0.257 e. The summed E-state index contributed by atoms with van der Waals surface area (Å²) in [4.78, 5) is 33.3. The van der Waals surface area contributed by atoms with Crippen LogP contribution in [0.15, 0.2) is 18.2 Å². The summed E-state index contributed by atoms with van der Waals surface area (Å²) >= 11 is 1.48. The molecule has 8 heteroatoms. The van der Waals surface area contributed by atoms with Gasteiger partial charge in [-0.25, -0.2) is 4.98 Å². The van der Waals surface area contributed by atoms with Crippen LogP contribution in [0.2, 0.25) is 0 Å². The van der Waals surface area contributed by atoms with Gasteiger partial charge >= 0.3 is 0 Å². The van der Waals surface area contributed by atoms with Crippen molar-refractivity contribution in [3.8, 4) is 11.5 Å². The van der Waals surface area contributed by atoms with Crippen LogP contribution in [0.25, 0.3) is 0 Å². The van der Waals surface area contributed by atoms with Crippen LogP contribution in [-0.2, 0) is 11.2 Å². The lowest BCUT2D eigenvalue weighted by Gasteiger charge is -2.25. The van der Waals surface area contributed by atoms with Gasteiger partial charge in [-0.05, 0) is 50.3 Å². The number of carbonyl (C=O) groups is 2. The molecule has 7 nitrogen and oxygen atoms in total. The van der Waals surface area contributed by atoms with Gasteiger partial charge in [-0.15, -0.1) is 11.3 Å². The number of aromatic nitrogens is 1. The van der Waals surface area contributed by atoms with E-state index in [2.05, 4.69) is 10.3 Å². The van der Waals surface area contributed by atoms with Crippen LogP contribution in [0, 0.1) is 0 Å². The fourth-order valence-electron chi connectivity index (χ4n) is 4.08. The molecule has 1 aromatic heterocycles. The van der Waals surface area contributed by atoms with Gasteiger partial charge in [0.15, 0.2) is 16.6 Å². The van der Waals surface area contributed by atoms with Crippen LogP contribution >= 0.6 is 11.3 Å². The molecule has 5 rings (SSSR count). The van der Waals surface area contributed by atoms with Gasteiger partial charge in [0.25, 0.3) is 5.91 Å². The number of ether oxygens (including phenoxy) is 2. The van der Waals surface area contributed by atoms with Crippen molar-refractivity contribution in [2.24, 2.45) is 0 Å². The van der Waals surface area contributed by atoms with E-state index in [0.717, 1.165) is 55.8 Å². The van der Waals surface area contributed by atoms with Crippen LogP contribution in [0.1, 0.15) is 52.5 Å². The number of fused-ring (bicyclic) bond motifs is 2. The molecule has 146 valence electrons. The molecule has 1 atom stereocenters. The summed E-state index contributed by atoms with van der Waals surface area (Å²) in [5, 5.41) is 3.43. The molecule has 0 bridgehead atoms. The molecule has 3 heterocycles. The molecular weight excluding hydrogens is 378 g/mol. The van der Waals surface area contributed by atoms with Crippen LogP contribution < -0.4 is 14.8 Å². The van der Waals surface area contributed by atoms with E-state index in [9.17, 15) is 9.59 Å². The molecule has 1 aromatic carbocycles. The van der Waals surface area contributed by atoms with Gasteiger partial charge in [0.1, 0.15) is 0 Å². The Morgan fingerprint density at radius 1 is 1.14 bits per heavy atom. The minimum atomic E-state index is -0.244. The number of carbonyl (C=O) groups excluding carboxylic acids is 2. The van der Waals surface area contributed by atoms with Crippen LogP contribution in [0.4, 0.5) is 5.13 Å². The Bertz CT molecular complexity index is 936. The van der Waals surface area contributed by atoms with Crippen molar-refractivity contribution in [2.45, 2.75) is 38.0 Å². The fraction of sp³-hybridized carbons (Fsp3) is 0.450. The molecule has 2 aromatic rings. The minimum Gasteiger partial charge on any atom is -0.454 e. The zero-order valence-corrected chi connectivity index (χ0v) is 16.2. The molecule has 0 spiro atoms. The van der Waals surface area contributed by atoms with Crippen molar-refractivity contribution in [1.29, 1.82) is 0 Å². The first-order valence-electron chi connectivity index (χ1n) is 9.68. The lowest BCUT2D eigenvalue weighted by Crippen LogP contribution is -2.34. The number of nitrogens with one attached hydrogen (secondary N) is 1. The lowest BCUT2D eigenvalue weighted by molar-refractivity contribution is -0.132. The fourth-order valence-corrected chi connectivity index (χ4v) is 5.14. The van der Waals surface area contributed by atoms with Gasteiger partial charge in [0.2, 0.25) is 12.7 Å². The van der Waals surface area contributed by atoms with E-state index in [1.807, 2.05) is 4.90 Å².